The normalized spacial score (nSPS) is 16.7. The third-order valence-electron chi connectivity index (χ3n) is 2.65. The number of halogens is 3. The van der Waals surface area contributed by atoms with Crippen molar-refractivity contribution in [2.75, 3.05) is 11.4 Å². The maximum Gasteiger partial charge on any atom is 0.148 e. The summed E-state index contributed by atoms with van der Waals surface area (Å²) in [5, 5.41) is 7.73. The van der Waals surface area contributed by atoms with Crippen molar-refractivity contribution in [1.29, 1.82) is 5.41 Å². The Hall–Kier alpha value is -0.970. The van der Waals surface area contributed by atoms with E-state index >= 15 is 0 Å². The monoisotopic (exact) mass is 288 g/mol. The Bertz CT molecular complexity index is 434. The quantitative estimate of drug-likeness (QED) is 0.784. The van der Waals surface area contributed by atoms with E-state index in [-0.39, 0.29) is 10.2 Å². The molecule has 0 amide bonds. The van der Waals surface area contributed by atoms with E-state index in [4.69, 9.17) is 5.41 Å². The maximum absolute atomic E-state index is 13.7. The maximum atomic E-state index is 13.7. The molecule has 1 aromatic carbocycles. The third-order valence-corrected chi connectivity index (χ3v) is 3.26. The Balaban J connectivity index is 2.39. The summed E-state index contributed by atoms with van der Waals surface area (Å²) in [6.07, 6.45) is 2.46. The first-order valence-electron chi connectivity index (χ1n) is 5.09. The van der Waals surface area contributed by atoms with Gasteiger partial charge >= 0.3 is 0 Å². The van der Waals surface area contributed by atoms with Gasteiger partial charge in [-0.05, 0) is 34.8 Å². The van der Waals surface area contributed by atoms with Gasteiger partial charge in [0.15, 0.2) is 0 Å². The van der Waals surface area contributed by atoms with Crippen molar-refractivity contribution in [2.45, 2.75) is 19.3 Å². The molecular formula is C11H11BrF2N2. The number of piperidine rings is 1. The number of rotatable bonds is 1. The molecule has 1 aliphatic heterocycles. The van der Waals surface area contributed by atoms with Gasteiger partial charge in [-0.2, -0.15) is 0 Å². The molecule has 0 atom stereocenters. The van der Waals surface area contributed by atoms with Crippen LogP contribution in [0, 0.1) is 17.0 Å². The zero-order valence-corrected chi connectivity index (χ0v) is 10.2. The minimum atomic E-state index is -0.505. The highest BCUT2D eigenvalue weighted by Gasteiger charge is 2.20. The molecule has 2 nitrogen and oxygen atoms in total. The molecule has 5 heteroatoms. The van der Waals surface area contributed by atoms with E-state index in [1.807, 2.05) is 0 Å². The molecule has 1 saturated heterocycles. The summed E-state index contributed by atoms with van der Waals surface area (Å²) in [5.74, 6) is -0.651. The second-order valence-electron chi connectivity index (χ2n) is 3.77. The Morgan fingerprint density at radius 1 is 1.19 bits per heavy atom. The lowest BCUT2D eigenvalue weighted by Gasteiger charge is -2.29. The fraction of sp³-hybridized carbons (Fsp3) is 0.364. The van der Waals surface area contributed by atoms with Crippen LogP contribution in [0.15, 0.2) is 16.6 Å². The Kier molecular flexibility index (Phi) is 3.23. The van der Waals surface area contributed by atoms with Gasteiger partial charge in [-0.25, -0.2) is 8.78 Å². The largest absolute Gasteiger partial charge is 0.328 e. The summed E-state index contributed by atoms with van der Waals surface area (Å²) in [4.78, 5) is 1.54. The van der Waals surface area contributed by atoms with E-state index in [0.717, 1.165) is 25.0 Å². The van der Waals surface area contributed by atoms with Crippen molar-refractivity contribution in [2.24, 2.45) is 0 Å². The van der Waals surface area contributed by atoms with Crippen LogP contribution in [-0.4, -0.2) is 12.4 Å². The summed E-state index contributed by atoms with van der Waals surface area (Å²) in [5.41, 5.74) is 0.158. The van der Waals surface area contributed by atoms with Gasteiger partial charge in [0, 0.05) is 19.0 Å². The number of nitrogens with zero attached hydrogens (tertiary/aromatic N) is 1. The molecular weight excluding hydrogens is 278 g/mol. The highest BCUT2D eigenvalue weighted by Crippen LogP contribution is 2.28. The Morgan fingerprint density at radius 2 is 1.94 bits per heavy atom. The molecule has 1 aromatic rings. The highest BCUT2D eigenvalue weighted by atomic mass is 79.9. The van der Waals surface area contributed by atoms with Crippen LogP contribution in [-0.2, 0) is 0 Å². The molecule has 2 rings (SSSR count). The van der Waals surface area contributed by atoms with Crippen molar-refractivity contribution in [3.8, 4) is 0 Å². The standard InChI is InChI=1S/C11H11BrF2N2/c12-7-5-9(14)10(6-8(7)13)16-4-2-1-3-11(16)15/h5-6,15H,1-4H2. The first-order chi connectivity index (χ1) is 7.59. The first kappa shape index (κ1) is 11.5. The van der Waals surface area contributed by atoms with Gasteiger partial charge in [0.05, 0.1) is 10.2 Å². The summed E-state index contributed by atoms with van der Waals surface area (Å²) in [7, 11) is 0. The second-order valence-corrected chi connectivity index (χ2v) is 4.63. The van der Waals surface area contributed by atoms with Gasteiger partial charge in [0.2, 0.25) is 0 Å². The molecule has 0 saturated carbocycles. The highest BCUT2D eigenvalue weighted by molar-refractivity contribution is 9.10. The second kappa shape index (κ2) is 4.49. The molecule has 86 valence electrons. The topological polar surface area (TPSA) is 27.1 Å². The molecule has 16 heavy (non-hydrogen) atoms. The molecule has 1 heterocycles. The molecule has 1 aliphatic rings. The Morgan fingerprint density at radius 3 is 2.62 bits per heavy atom. The minimum Gasteiger partial charge on any atom is -0.328 e. The predicted molar refractivity (Wildman–Crippen MR) is 63.0 cm³/mol. The van der Waals surface area contributed by atoms with Crippen molar-refractivity contribution >= 4 is 27.5 Å². The van der Waals surface area contributed by atoms with E-state index < -0.39 is 11.6 Å². The van der Waals surface area contributed by atoms with Crippen LogP contribution in [0.25, 0.3) is 0 Å². The summed E-state index contributed by atoms with van der Waals surface area (Å²) in [6.45, 7) is 0.580. The van der Waals surface area contributed by atoms with Gasteiger partial charge in [-0.15, -0.1) is 0 Å². The summed E-state index contributed by atoms with van der Waals surface area (Å²) < 4.78 is 27.1. The van der Waals surface area contributed by atoms with E-state index in [1.165, 1.54) is 4.90 Å². The van der Waals surface area contributed by atoms with Crippen molar-refractivity contribution < 1.29 is 8.78 Å². The average Bonchev–Trinajstić information content (AvgIpc) is 2.25. The van der Waals surface area contributed by atoms with Crippen LogP contribution < -0.4 is 4.90 Å². The van der Waals surface area contributed by atoms with Gasteiger partial charge in [0.1, 0.15) is 17.5 Å². The van der Waals surface area contributed by atoms with Crippen LogP contribution in [0.3, 0.4) is 0 Å². The molecule has 1 N–H and O–H groups in total. The zero-order chi connectivity index (χ0) is 11.7. The summed E-state index contributed by atoms with van der Waals surface area (Å²) in [6, 6.07) is 2.24. The van der Waals surface area contributed by atoms with Gasteiger partial charge in [-0.3, -0.25) is 5.41 Å². The average molecular weight is 289 g/mol. The van der Waals surface area contributed by atoms with Crippen LogP contribution in [0.4, 0.5) is 14.5 Å². The lowest BCUT2D eigenvalue weighted by atomic mass is 10.1. The zero-order valence-electron chi connectivity index (χ0n) is 8.56. The Labute approximate surface area is 101 Å². The first-order valence-corrected chi connectivity index (χ1v) is 5.88. The lowest BCUT2D eigenvalue weighted by molar-refractivity contribution is 0.589. The van der Waals surface area contributed by atoms with E-state index in [9.17, 15) is 8.78 Å². The van der Waals surface area contributed by atoms with Gasteiger partial charge in [-0.1, -0.05) is 0 Å². The molecule has 0 aliphatic carbocycles. The molecule has 0 bridgehead atoms. The molecule has 0 aromatic heterocycles. The smallest absolute Gasteiger partial charge is 0.148 e. The number of anilines is 1. The van der Waals surface area contributed by atoms with Crippen LogP contribution in [0.2, 0.25) is 0 Å². The fourth-order valence-electron chi connectivity index (χ4n) is 1.82. The van der Waals surface area contributed by atoms with E-state index in [1.54, 1.807) is 0 Å². The number of nitrogens with one attached hydrogen (secondary N) is 1. The molecule has 0 unspecified atom stereocenters. The molecule has 0 radical (unpaired) electrons. The van der Waals surface area contributed by atoms with Gasteiger partial charge in [0.25, 0.3) is 0 Å². The number of hydrogen-bond donors (Lipinski definition) is 1. The van der Waals surface area contributed by atoms with Crippen molar-refractivity contribution in [3.63, 3.8) is 0 Å². The van der Waals surface area contributed by atoms with E-state index in [0.29, 0.717) is 18.8 Å². The van der Waals surface area contributed by atoms with Crippen molar-refractivity contribution in [1.82, 2.24) is 0 Å². The summed E-state index contributed by atoms with van der Waals surface area (Å²) >= 11 is 2.93. The molecule has 0 spiro atoms. The SMILES string of the molecule is N=C1CCCCN1c1cc(F)c(Br)cc1F. The molecule has 1 fully saturated rings. The van der Waals surface area contributed by atoms with Crippen LogP contribution in [0.1, 0.15) is 19.3 Å². The number of benzene rings is 1. The minimum absolute atomic E-state index is 0.109. The third kappa shape index (κ3) is 2.09. The lowest BCUT2D eigenvalue weighted by Crippen LogP contribution is -2.35. The van der Waals surface area contributed by atoms with Crippen LogP contribution in [0.5, 0.6) is 0 Å². The van der Waals surface area contributed by atoms with E-state index in [2.05, 4.69) is 15.9 Å². The van der Waals surface area contributed by atoms with Gasteiger partial charge < -0.3 is 4.90 Å². The predicted octanol–water partition coefficient (Wildman–Crippen LogP) is 3.69. The number of hydrogen-bond acceptors (Lipinski definition) is 1. The fourth-order valence-corrected chi connectivity index (χ4v) is 2.13. The van der Waals surface area contributed by atoms with Crippen LogP contribution >= 0.6 is 15.9 Å². The van der Waals surface area contributed by atoms with Crippen molar-refractivity contribution in [3.05, 3.63) is 28.2 Å². The number of amidine groups is 1.